The van der Waals surface area contributed by atoms with Crippen LogP contribution in [0.25, 0.3) is 0 Å². The van der Waals surface area contributed by atoms with E-state index in [0.29, 0.717) is 5.69 Å². The van der Waals surface area contributed by atoms with Crippen LogP contribution in [0.4, 0.5) is 10.5 Å². The number of likely N-dealkylation sites (N-methyl/N-ethyl adjacent to an activating group) is 1. The number of nitrogens with zero attached hydrogens (tertiary/aromatic N) is 2. The molecule has 0 radical (unpaired) electrons. The van der Waals surface area contributed by atoms with Gasteiger partial charge in [-0.05, 0) is 35.7 Å². The van der Waals surface area contributed by atoms with Crippen LogP contribution in [0, 0.1) is 5.21 Å². The van der Waals surface area contributed by atoms with Gasteiger partial charge in [-0.1, -0.05) is 72.8 Å². The summed E-state index contributed by atoms with van der Waals surface area (Å²) in [6, 6.07) is 24.7. The lowest BCUT2D eigenvalue weighted by molar-refractivity contribution is -0.133. The summed E-state index contributed by atoms with van der Waals surface area (Å²) in [4.78, 5) is 28.2. The summed E-state index contributed by atoms with van der Waals surface area (Å²) in [6.45, 7) is 2.04. The van der Waals surface area contributed by atoms with Gasteiger partial charge in [-0.2, -0.15) is 0 Å². The van der Waals surface area contributed by atoms with Crippen LogP contribution in [0.2, 0.25) is 0 Å². The average molecular weight is 431 g/mol. The molecule has 6 heteroatoms. The fourth-order valence-corrected chi connectivity index (χ4v) is 4.11. The lowest BCUT2D eigenvalue weighted by atomic mass is 9.93. The topological polar surface area (TPSA) is 69.7 Å². The molecule has 32 heavy (non-hydrogen) atoms. The second kappa shape index (κ2) is 9.34. The quantitative estimate of drug-likeness (QED) is 0.431. The number of carbonyl (C=O) groups is 2. The minimum Gasteiger partial charge on any atom is -0.620 e. The van der Waals surface area contributed by atoms with Gasteiger partial charge in [0.2, 0.25) is 0 Å². The minimum atomic E-state index is -1.13. The number of ether oxygens (including phenoxy) is 1. The Kier molecular flexibility index (Phi) is 6.35. The zero-order valence-electron chi connectivity index (χ0n) is 18.0. The number of hydrogen-bond acceptors (Lipinski definition) is 4. The Morgan fingerprint density at radius 1 is 0.938 bits per heavy atom. The van der Waals surface area contributed by atoms with Crippen molar-refractivity contribution in [1.82, 2.24) is 9.55 Å². The van der Waals surface area contributed by atoms with Crippen molar-refractivity contribution in [2.75, 3.05) is 6.54 Å². The van der Waals surface area contributed by atoms with Crippen molar-refractivity contribution in [3.8, 4) is 0 Å². The molecule has 1 aliphatic heterocycles. The zero-order valence-corrected chi connectivity index (χ0v) is 18.0. The fourth-order valence-electron chi connectivity index (χ4n) is 4.11. The molecule has 0 bridgehead atoms. The molecule has 0 fully saturated rings. The Morgan fingerprint density at radius 2 is 1.53 bits per heavy atom. The number of hydrogen-bond donors (Lipinski definition) is 0. The van der Waals surface area contributed by atoms with E-state index in [1.807, 2.05) is 54.6 Å². The van der Waals surface area contributed by atoms with Gasteiger partial charge in [0.15, 0.2) is 6.04 Å². The number of benzene rings is 3. The number of carbonyl (C=O) groups excluding carboxylic acids is 2. The summed E-state index contributed by atoms with van der Waals surface area (Å²) in [6.07, 6.45) is -0.317. The second-order valence-electron chi connectivity index (χ2n) is 7.89. The Labute approximate surface area is 187 Å². The zero-order chi connectivity index (χ0) is 22.6. The van der Waals surface area contributed by atoms with Crippen LogP contribution < -0.4 is 4.65 Å². The van der Waals surface area contributed by atoms with E-state index in [9.17, 15) is 14.8 Å². The van der Waals surface area contributed by atoms with Crippen LogP contribution in [-0.4, -0.2) is 29.5 Å². The molecule has 0 spiro atoms. The third-order valence-electron chi connectivity index (χ3n) is 5.95. The van der Waals surface area contributed by atoms with E-state index in [0.717, 1.165) is 16.7 Å². The van der Waals surface area contributed by atoms with Gasteiger partial charge in [-0.15, -0.1) is 0 Å². The van der Waals surface area contributed by atoms with E-state index >= 15 is 0 Å². The summed E-state index contributed by atoms with van der Waals surface area (Å²) in [5.74, 6) is -0.565. The van der Waals surface area contributed by atoms with Gasteiger partial charge in [0.05, 0.1) is 13.1 Å². The van der Waals surface area contributed by atoms with Gasteiger partial charge in [0.25, 0.3) is 0 Å². The van der Waals surface area contributed by atoms with Gasteiger partial charge < -0.3 is 9.94 Å². The molecule has 2 atom stereocenters. The molecule has 164 valence electrons. The maximum atomic E-state index is 13.7. The molecule has 3 aromatic carbocycles. The first kappa shape index (κ1) is 21.7. The number of rotatable bonds is 5. The highest BCUT2D eigenvalue weighted by atomic mass is 16.6. The molecule has 3 aromatic rings. The molecule has 0 N–H and O–H groups in total. The van der Waals surface area contributed by atoms with E-state index in [2.05, 4.69) is 0 Å². The van der Waals surface area contributed by atoms with Crippen LogP contribution in [0.1, 0.15) is 23.6 Å². The number of hydroxylamine groups is 2. The molecule has 1 heterocycles. The predicted octanol–water partition coefficient (Wildman–Crippen LogP) is 4.80. The molecule has 0 saturated heterocycles. The average Bonchev–Trinajstić information content (AvgIpc) is 2.86. The molecule has 2 amide bonds. The van der Waals surface area contributed by atoms with Crippen LogP contribution in [0.3, 0.4) is 0 Å². The summed E-state index contributed by atoms with van der Waals surface area (Å²) in [5.41, 5.74) is 3.13. The van der Waals surface area contributed by atoms with E-state index in [1.165, 1.54) is 4.90 Å². The maximum absolute atomic E-state index is 13.7. The lowest BCUT2D eigenvalue weighted by Crippen LogP contribution is -2.60. The Hall–Kier alpha value is -3.48. The van der Waals surface area contributed by atoms with Crippen LogP contribution in [-0.2, 0) is 29.1 Å². The third-order valence-corrected chi connectivity index (χ3v) is 5.95. The van der Waals surface area contributed by atoms with Crippen molar-refractivity contribution in [1.29, 1.82) is 0 Å². The highest BCUT2D eigenvalue weighted by Gasteiger charge is 2.43. The van der Waals surface area contributed by atoms with Crippen LogP contribution in [0.5, 0.6) is 0 Å². The van der Waals surface area contributed by atoms with Crippen molar-refractivity contribution >= 4 is 17.7 Å². The predicted molar refractivity (Wildman–Crippen MR) is 123 cm³/mol. The van der Waals surface area contributed by atoms with E-state index < -0.39 is 22.7 Å². The third kappa shape index (κ3) is 4.28. The molecule has 0 saturated carbocycles. The summed E-state index contributed by atoms with van der Waals surface area (Å²) >= 11 is 0. The van der Waals surface area contributed by atoms with Gasteiger partial charge in [0.1, 0.15) is 12.3 Å². The van der Waals surface area contributed by atoms with Crippen molar-refractivity contribution in [2.24, 2.45) is 0 Å². The van der Waals surface area contributed by atoms with E-state index in [-0.39, 0.29) is 26.1 Å². The van der Waals surface area contributed by atoms with Crippen molar-refractivity contribution in [3.05, 3.63) is 107 Å². The Morgan fingerprint density at radius 3 is 2.19 bits per heavy atom. The first-order valence-electron chi connectivity index (χ1n) is 10.8. The smallest absolute Gasteiger partial charge is 0.411 e. The number of para-hydroxylation sites is 1. The molecule has 6 nitrogen and oxygen atoms in total. The SMILES string of the molecule is CC[N+]([O-])(C(=O)C1Cc2ccccc2CN1C(=O)OCc1ccccc1)c1ccccc1. The van der Waals surface area contributed by atoms with E-state index in [1.54, 1.807) is 37.3 Å². The highest BCUT2D eigenvalue weighted by molar-refractivity contribution is 5.95. The fraction of sp³-hybridized carbons (Fsp3) is 0.231. The summed E-state index contributed by atoms with van der Waals surface area (Å²) < 4.78 is 4.41. The molecule has 2 unspecified atom stereocenters. The molecule has 4 rings (SSSR count). The molecular formula is C26H26N2O4. The standard InChI is InChI=1S/C26H26N2O4/c1-2-28(31,23-15-7-4-8-16-23)25(29)24-17-21-13-9-10-14-22(21)18-27(24)26(30)32-19-20-11-5-3-6-12-20/h3-16,24H,2,17-19H2,1H3. The number of quaternary nitrogens is 1. The van der Waals surface area contributed by atoms with Gasteiger partial charge in [-0.3, -0.25) is 9.55 Å². The first-order valence-corrected chi connectivity index (χ1v) is 10.8. The summed E-state index contributed by atoms with van der Waals surface area (Å²) in [5, 5.41) is 13.7. The van der Waals surface area contributed by atoms with Crippen LogP contribution >= 0.6 is 0 Å². The molecule has 0 aromatic heterocycles. The van der Waals surface area contributed by atoms with Crippen molar-refractivity contribution in [2.45, 2.75) is 32.5 Å². The van der Waals surface area contributed by atoms with Crippen molar-refractivity contribution < 1.29 is 14.3 Å². The maximum Gasteiger partial charge on any atom is 0.411 e. The van der Waals surface area contributed by atoms with E-state index in [4.69, 9.17) is 4.74 Å². The van der Waals surface area contributed by atoms with Gasteiger partial charge in [0, 0.05) is 6.42 Å². The largest absolute Gasteiger partial charge is 0.620 e. The Balaban J connectivity index is 1.63. The van der Waals surface area contributed by atoms with Gasteiger partial charge >= 0.3 is 12.0 Å². The van der Waals surface area contributed by atoms with Crippen molar-refractivity contribution in [3.63, 3.8) is 0 Å². The number of fused-ring (bicyclic) bond motifs is 1. The normalized spacial score (nSPS) is 17.2. The molecular weight excluding hydrogens is 404 g/mol. The minimum absolute atomic E-state index is 0.0356. The van der Waals surface area contributed by atoms with Crippen LogP contribution in [0.15, 0.2) is 84.9 Å². The number of amides is 2. The highest BCUT2D eigenvalue weighted by Crippen LogP contribution is 2.30. The molecule has 0 aliphatic carbocycles. The second-order valence-corrected chi connectivity index (χ2v) is 7.89. The molecule has 1 aliphatic rings. The lowest BCUT2D eigenvalue weighted by Gasteiger charge is -2.44. The first-order chi connectivity index (χ1) is 15.5. The van der Waals surface area contributed by atoms with Gasteiger partial charge in [-0.25, -0.2) is 9.59 Å². The summed E-state index contributed by atoms with van der Waals surface area (Å²) in [7, 11) is 0. The monoisotopic (exact) mass is 430 g/mol. The Bertz CT molecular complexity index is 1090.